The summed E-state index contributed by atoms with van der Waals surface area (Å²) in [5.41, 5.74) is 3.66. The molecule has 10 atom stereocenters. The first kappa shape index (κ1) is 32.0. The molecule has 0 aromatic heterocycles. The van der Waals surface area contributed by atoms with Crippen molar-refractivity contribution in [3.8, 4) is 0 Å². The summed E-state index contributed by atoms with van der Waals surface area (Å²) >= 11 is 0. The van der Waals surface area contributed by atoms with Gasteiger partial charge in [0.25, 0.3) is 0 Å². The van der Waals surface area contributed by atoms with Crippen molar-refractivity contribution in [3.63, 3.8) is 0 Å². The summed E-state index contributed by atoms with van der Waals surface area (Å²) in [5, 5.41) is 33.5. The molecule has 43 heavy (non-hydrogen) atoms. The molecule has 4 fully saturated rings. The molecule has 0 heterocycles. The standard InChI is InChI=1S/C37H52O6/c1-21(2)25(24-11-9-8-10-12-24)13-14-26(34(41)42)32-28-19-30(40)33-35(5)17-16-29(39)22(3)27(35)15-18-36(33,6)37(28,7)20-31(32)43-23(4)38/h8-12,22,27-31,33,39-40H,13-20H2,1-7H3,(H,41,42)/b32-26-/t22-,27-,28-,29+,30+,31-,33?,35-,36-,37-/m0/s1. The molecule has 6 nitrogen and oxygen atoms in total. The molecule has 0 amide bonds. The van der Waals surface area contributed by atoms with Gasteiger partial charge in [0.15, 0.2) is 0 Å². The van der Waals surface area contributed by atoms with E-state index in [0.717, 1.165) is 42.4 Å². The summed E-state index contributed by atoms with van der Waals surface area (Å²) in [6.45, 7) is 14.6. The second-order valence-electron chi connectivity index (χ2n) is 15.2. The molecule has 5 rings (SSSR count). The number of fused-ring (bicyclic) bond motifs is 5. The zero-order valence-electron chi connectivity index (χ0n) is 27.2. The molecule has 4 aliphatic carbocycles. The molecule has 3 N–H and O–H groups in total. The van der Waals surface area contributed by atoms with Crippen molar-refractivity contribution in [2.75, 3.05) is 0 Å². The van der Waals surface area contributed by atoms with Crippen molar-refractivity contribution in [2.24, 2.45) is 39.9 Å². The van der Waals surface area contributed by atoms with Gasteiger partial charge in [0, 0.05) is 12.5 Å². The average molecular weight is 593 g/mol. The van der Waals surface area contributed by atoms with Crippen LogP contribution in [0.1, 0.15) is 105 Å². The van der Waals surface area contributed by atoms with Crippen molar-refractivity contribution in [2.45, 2.75) is 118 Å². The smallest absolute Gasteiger partial charge is 0.331 e. The number of hydrogen-bond donors (Lipinski definition) is 3. The predicted molar refractivity (Wildman–Crippen MR) is 168 cm³/mol. The van der Waals surface area contributed by atoms with Crippen LogP contribution >= 0.6 is 0 Å². The summed E-state index contributed by atoms with van der Waals surface area (Å²) in [7, 11) is 0. The Bertz CT molecular complexity index is 1310. The van der Waals surface area contributed by atoms with E-state index >= 15 is 0 Å². The first-order chi connectivity index (χ1) is 20.2. The van der Waals surface area contributed by atoms with E-state index in [0.29, 0.717) is 42.7 Å². The molecule has 1 unspecified atom stereocenters. The number of aliphatic hydroxyl groups excluding tert-OH is 2. The van der Waals surface area contributed by atoms with Crippen molar-refractivity contribution < 1.29 is 29.6 Å². The van der Waals surface area contributed by atoms with Crippen LogP contribution in [0.3, 0.4) is 0 Å². The summed E-state index contributed by atoms with van der Waals surface area (Å²) < 4.78 is 5.99. The van der Waals surface area contributed by atoms with Crippen LogP contribution < -0.4 is 0 Å². The van der Waals surface area contributed by atoms with Crippen LogP contribution in [0.2, 0.25) is 0 Å². The van der Waals surface area contributed by atoms with Crippen molar-refractivity contribution >= 4 is 17.5 Å². The van der Waals surface area contributed by atoms with E-state index in [-0.39, 0.29) is 40.1 Å². The Balaban J connectivity index is 1.58. The topological polar surface area (TPSA) is 104 Å². The highest BCUT2D eigenvalue weighted by Gasteiger charge is 2.70. The van der Waals surface area contributed by atoms with Gasteiger partial charge in [0.2, 0.25) is 0 Å². The second kappa shape index (κ2) is 11.5. The quantitative estimate of drug-likeness (QED) is 0.239. The van der Waals surface area contributed by atoms with Crippen molar-refractivity contribution in [1.29, 1.82) is 0 Å². The second-order valence-corrected chi connectivity index (χ2v) is 15.2. The maximum absolute atomic E-state index is 13.1. The van der Waals surface area contributed by atoms with Crippen molar-refractivity contribution in [1.82, 2.24) is 0 Å². The van der Waals surface area contributed by atoms with Gasteiger partial charge in [-0.05, 0) is 122 Å². The zero-order valence-corrected chi connectivity index (χ0v) is 27.2. The Hall–Kier alpha value is -2.44. The molecule has 0 aliphatic heterocycles. The highest BCUT2D eigenvalue weighted by Crippen LogP contribution is 2.74. The molecule has 0 spiro atoms. The molecule has 0 radical (unpaired) electrons. The Morgan fingerprint density at radius 3 is 2.21 bits per heavy atom. The van der Waals surface area contributed by atoms with Gasteiger partial charge in [0.05, 0.1) is 12.2 Å². The third kappa shape index (κ3) is 5.10. The fourth-order valence-electron chi connectivity index (χ4n) is 10.9. The lowest BCUT2D eigenvalue weighted by Gasteiger charge is -2.69. The number of carbonyl (C=O) groups excluding carboxylic acids is 1. The van der Waals surface area contributed by atoms with E-state index in [2.05, 4.69) is 53.7 Å². The molecule has 6 heteroatoms. The number of allylic oxidation sites excluding steroid dienone is 2. The first-order valence-electron chi connectivity index (χ1n) is 16.4. The van der Waals surface area contributed by atoms with Crippen LogP contribution in [-0.2, 0) is 14.3 Å². The Kier molecular flexibility index (Phi) is 8.54. The highest BCUT2D eigenvalue weighted by atomic mass is 16.5. The third-order valence-electron chi connectivity index (χ3n) is 13.0. The molecule has 0 saturated heterocycles. The predicted octanol–water partition coefficient (Wildman–Crippen LogP) is 7.19. The minimum Gasteiger partial charge on any atom is -0.478 e. The van der Waals surface area contributed by atoms with E-state index in [4.69, 9.17) is 4.74 Å². The Morgan fingerprint density at radius 1 is 0.930 bits per heavy atom. The highest BCUT2D eigenvalue weighted by molar-refractivity contribution is 5.89. The maximum Gasteiger partial charge on any atom is 0.331 e. The minimum absolute atomic E-state index is 0.0240. The molecular weight excluding hydrogens is 540 g/mol. The number of carboxylic acids is 1. The largest absolute Gasteiger partial charge is 0.478 e. The number of esters is 1. The number of carboxylic acid groups (broad SMARTS) is 1. The van der Waals surface area contributed by atoms with Gasteiger partial charge in [0.1, 0.15) is 6.10 Å². The Labute approximate surface area is 257 Å². The van der Waals surface area contributed by atoms with Crippen LogP contribution in [0.5, 0.6) is 0 Å². The lowest BCUT2D eigenvalue weighted by atomic mass is 9.36. The number of hydrogen-bond acceptors (Lipinski definition) is 5. The molecule has 1 aromatic rings. The number of ether oxygens (including phenoxy) is 1. The van der Waals surface area contributed by atoms with Gasteiger partial charge in [-0.25, -0.2) is 4.79 Å². The molecule has 4 saturated carbocycles. The fraction of sp³-hybridized carbons (Fsp3) is 0.676. The summed E-state index contributed by atoms with van der Waals surface area (Å²) in [5.74, 6) is -1.03. The van der Waals surface area contributed by atoms with E-state index in [1.807, 2.05) is 18.2 Å². The van der Waals surface area contributed by atoms with Crippen LogP contribution in [0.25, 0.3) is 5.57 Å². The van der Waals surface area contributed by atoms with Gasteiger partial charge >= 0.3 is 11.9 Å². The SMILES string of the molecule is CC(=O)O[C@H]1C[C@@]2(C)[C@@H](C[C@@H](O)C3[C@]2(C)CC[C@H]2[C@H](C)[C@H](O)CC[C@]32C)/C1=C(\CCC(=C(C)C)c1ccccc1)C(=O)O. The fourth-order valence-corrected chi connectivity index (χ4v) is 10.9. The third-order valence-corrected chi connectivity index (χ3v) is 13.0. The number of benzene rings is 1. The Morgan fingerprint density at radius 2 is 1.60 bits per heavy atom. The summed E-state index contributed by atoms with van der Waals surface area (Å²) in [6.07, 6.45) is 3.90. The number of rotatable bonds is 6. The van der Waals surface area contributed by atoms with Gasteiger partial charge in [-0.2, -0.15) is 0 Å². The number of aliphatic hydroxyl groups is 2. The number of carbonyl (C=O) groups is 2. The minimum atomic E-state index is -0.968. The maximum atomic E-state index is 13.1. The van der Waals surface area contributed by atoms with Crippen LogP contribution in [-0.4, -0.2) is 45.6 Å². The molecule has 1 aromatic carbocycles. The monoisotopic (exact) mass is 592 g/mol. The van der Waals surface area contributed by atoms with E-state index < -0.39 is 24.1 Å². The normalized spacial score (nSPS) is 41.4. The van der Waals surface area contributed by atoms with Gasteiger partial charge in [-0.1, -0.05) is 63.6 Å². The molecule has 4 aliphatic rings. The zero-order chi connectivity index (χ0) is 31.5. The average Bonchev–Trinajstić information content (AvgIpc) is 3.20. The van der Waals surface area contributed by atoms with Crippen LogP contribution in [0, 0.1) is 39.9 Å². The van der Waals surface area contributed by atoms with Gasteiger partial charge < -0.3 is 20.1 Å². The van der Waals surface area contributed by atoms with Gasteiger partial charge in [-0.3, -0.25) is 4.79 Å². The lowest BCUT2D eigenvalue weighted by molar-refractivity contribution is -0.234. The molecule has 236 valence electrons. The lowest BCUT2D eigenvalue weighted by Crippen LogP contribution is -2.65. The van der Waals surface area contributed by atoms with Gasteiger partial charge in [-0.15, -0.1) is 0 Å². The first-order valence-corrected chi connectivity index (χ1v) is 16.4. The molecule has 0 bridgehead atoms. The molecular formula is C37H52O6. The van der Waals surface area contributed by atoms with Crippen LogP contribution in [0.15, 0.2) is 47.1 Å². The van der Waals surface area contributed by atoms with Crippen molar-refractivity contribution in [3.05, 3.63) is 52.6 Å². The summed E-state index contributed by atoms with van der Waals surface area (Å²) in [6, 6.07) is 10.1. The van der Waals surface area contributed by atoms with Crippen LogP contribution in [0.4, 0.5) is 0 Å². The van der Waals surface area contributed by atoms with E-state index in [1.165, 1.54) is 6.92 Å². The number of aliphatic carboxylic acids is 1. The van der Waals surface area contributed by atoms with E-state index in [1.54, 1.807) is 0 Å². The summed E-state index contributed by atoms with van der Waals surface area (Å²) in [4.78, 5) is 25.5. The van der Waals surface area contributed by atoms with E-state index in [9.17, 15) is 24.9 Å².